The van der Waals surface area contributed by atoms with Gasteiger partial charge in [0.1, 0.15) is 0 Å². The highest BCUT2D eigenvalue weighted by atomic mass is 13.9. The predicted molar refractivity (Wildman–Crippen MR) is 64.3 cm³/mol. The van der Waals surface area contributed by atoms with Crippen molar-refractivity contribution in [3.63, 3.8) is 0 Å². The molecule has 0 aromatic carbocycles. The topological polar surface area (TPSA) is 0 Å². The molecule has 0 N–H and O–H groups in total. The summed E-state index contributed by atoms with van der Waals surface area (Å²) in [5, 5.41) is 0. The number of hydrogen-bond donors (Lipinski definition) is 0. The molecular formula is C14H20. The summed E-state index contributed by atoms with van der Waals surface area (Å²) in [5.74, 6) is 0. The van der Waals surface area contributed by atoms with Gasteiger partial charge in [0.2, 0.25) is 0 Å². The molecule has 0 atom stereocenters. The first-order chi connectivity index (χ1) is 7.00. The highest BCUT2D eigenvalue weighted by Crippen LogP contribution is 2.01. The van der Waals surface area contributed by atoms with Gasteiger partial charge in [0.05, 0.1) is 0 Å². The first-order valence-corrected chi connectivity index (χ1v) is 5.62. The summed E-state index contributed by atoms with van der Waals surface area (Å²) in [7, 11) is 0. The van der Waals surface area contributed by atoms with Crippen molar-refractivity contribution in [3.8, 4) is 0 Å². The Kier molecular flexibility index (Phi) is 6.74. The Labute approximate surface area is 87.7 Å². The third-order valence-corrected chi connectivity index (χ3v) is 2.23. The van der Waals surface area contributed by atoms with Crippen molar-refractivity contribution in [3.05, 3.63) is 48.6 Å². The molecule has 0 aliphatic heterocycles. The number of hydrogen-bond acceptors (Lipinski definition) is 0. The molecule has 1 aliphatic rings. The molecular weight excluding hydrogens is 168 g/mol. The molecule has 0 saturated carbocycles. The van der Waals surface area contributed by atoms with Crippen molar-refractivity contribution >= 4 is 0 Å². The van der Waals surface area contributed by atoms with E-state index in [2.05, 4.69) is 48.6 Å². The van der Waals surface area contributed by atoms with E-state index in [0.29, 0.717) is 0 Å². The Hall–Kier alpha value is -1.04. The van der Waals surface area contributed by atoms with Gasteiger partial charge in [0.25, 0.3) is 0 Å². The molecule has 0 spiro atoms. The largest absolute Gasteiger partial charge is 0.0882 e. The van der Waals surface area contributed by atoms with Gasteiger partial charge in [-0.15, -0.1) is 0 Å². The summed E-state index contributed by atoms with van der Waals surface area (Å²) in [4.78, 5) is 0. The van der Waals surface area contributed by atoms with Crippen LogP contribution in [0, 0.1) is 0 Å². The van der Waals surface area contributed by atoms with Crippen molar-refractivity contribution < 1.29 is 0 Å². The van der Waals surface area contributed by atoms with Crippen LogP contribution in [0.25, 0.3) is 0 Å². The fourth-order valence-corrected chi connectivity index (χ4v) is 1.40. The molecule has 0 aromatic heterocycles. The summed E-state index contributed by atoms with van der Waals surface area (Å²) >= 11 is 0. The van der Waals surface area contributed by atoms with Crippen LogP contribution in [0.4, 0.5) is 0 Å². The van der Waals surface area contributed by atoms with Gasteiger partial charge in [-0.25, -0.2) is 0 Å². The van der Waals surface area contributed by atoms with Gasteiger partial charge in [0.15, 0.2) is 0 Å². The van der Waals surface area contributed by atoms with E-state index in [1.165, 1.54) is 19.3 Å². The van der Waals surface area contributed by atoms with Crippen molar-refractivity contribution in [1.29, 1.82) is 0 Å². The van der Waals surface area contributed by atoms with E-state index in [0.717, 1.165) is 19.3 Å². The lowest BCUT2D eigenvalue weighted by Gasteiger charge is -1.91. The minimum atomic E-state index is 1.10. The number of rotatable bonds is 0. The molecule has 1 aliphatic carbocycles. The Morgan fingerprint density at radius 1 is 0.500 bits per heavy atom. The first-order valence-electron chi connectivity index (χ1n) is 5.62. The molecule has 0 bridgehead atoms. The van der Waals surface area contributed by atoms with Crippen molar-refractivity contribution in [2.75, 3.05) is 0 Å². The molecule has 0 unspecified atom stereocenters. The van der Waals surface area contributed by atoms with Crippen LogP contribution < -0.4 is 0 Å². The van der Waals surface area contributed by atoms with Crippen LogP contribution in [0.3, 0.4) is 0 Å². The van der Waals surface area contributed by atoms with Gasteiger partial charge in [-0.05, 0) is 38.5 Å². The monoisotopic (exact) mass is 188 g/mol. The van der Waals surface area contributed by atoms with Crippen molar-refractivity contribution in [1.82, 2.24) is 0 Å². The molecule has 0 radical (unpaired) electrons. The van der Waals surface area contributed by atoms with Crippen LogP contribution >= 0.6 is 0 Å². The fraction of sp³-hybridized carbons (Fsp3) is 0.429. The normalized spacial score (nSPS) is 26.3. The van der Waals surface area contributed by atoms with E-state index in [4.69, 9.17) is 0 Å². The second-order valence-corrected chi connectivity index (χ2v) is 3.54. The second-order valence-electron chi connectivity index (χ2n) is 3.54. The molecule has 0 nitrogen and oxygen atoms in total. The van der Waals surface area contributed by atoms with Gasteiger partial charge in [-0.3, -0.25) is 0 Å². The standard InChI is InChI=1S/C14H20/c1-2-4-6-8-10-12-14-13-11-9-7-5-3-1/h1-4,9,11-12,14H,5-8,10,13H2/b3-1-,4-2+,11-9?,14-12-. The Morgan fingerprint density at radius 3 is 1.93 bits per heavy atom. The summed E-state index contributed by atoms with van der Waals surface area (Å²) in [6.45, 7) is 0. The molecule has 76 valence electrons. The minimum Gasteiger partial charge on any atom is -0.0882 e. The Bertz CT molecular complexity index is 228. The zero-order chi connectivity index (χ0) is 9.90. The third kappa shape index (κ3) is 6.47. The molecule has 0 amide bonds. The maximum Gasteiger partial charge on any atom is -0.0169 e. The van der Waals surface area contributed by atoms with E-state index in [-0.39, 0.29) is 0 Å². The summed E-state index contributed by atoms with van der Waals surface area (Å²) in [6, 6.07) is 0. The lowest BCUT2D eigenvalue weighted by atomic mass is 10.2. The lowest BCUT2D eigenvalue weighted by Crippen LogP contribution is -1.70. The molecule has 0 heteroatoms. The van der Waals surface area contributed by atoms with Gasteiger partial charge >= 0.3 is 0 Å². The fourth-order valence-electron chi connectivity index (χ4n) is 1.40. The first kappa shape index (κ1) is 11.0. The SMILES string of the molecule is C1=CCC/C=C\C=C\CCC/C=C\C1. The molecule has 0 aromatic rings. The number of allylic oxidation sites excluding steroid dienone is 8. The summed E-state index contributed by atoms with van der Waals surface area (Å²) in [6.07, 6.45) is 25.0. The van der Waals surface area contributed by atoms with Crippen LogP contribution in [-0.2, 0) is 0 Å². The molecule has 1 rings (SSSR count). The average molecular weight is 188 g/mol. The van der Waals surface area contributed by atoms with Crippen molar-refractivity contribution in [2.24, 2.45) is 0 Å². The van der Waals surface area contributed by atoms with Crippen LogP contribution in [0.15, 0.2) is 48.6 Å². The maximum absolute atomic E-state index is 2.29. The van der Waals surface area contributed by atoms with E-state index in [1.54, 1.807) is 0 Å². The van der Waals surface area contributed by atoms with Crippen LogP contribution in [0.1, 0.15) is 38.5 Å². The average Bonchev–Trinajstić information content (AvgIpc) is 2.22. The molecule has 0 saturated heterocycles. The van der Waals surface area contributed by atoms with E-state index >= 15 is 0 Å². The van der Waals surface area contributed by atoms with Crippen LogP contribution in [0.5, 0.6) is 0 Å². The quantitative estimate of drug-likeness (QED) is 0.489. The Morgan fingerprint density at radius 2 is 1.07 bits per heavy atom. The molecule has 0 fully saturated rings. The van der Waals surface area contributed by atoms with Crippen LogP contribution in [-0.4, -0.2) is 0 Å². The maximum atomic E-state index is 2.29. The van der Waals surface area contributed by atoms with Gasteiger partial charge < -0.3 is 0 Å². The molecule has 14 heavy (non-hydrogen) atoms. The highest BCUT2D eigenvalue weighted by Gasteiger charge is 1.81. The smallest absolute Gasteiger partial charge is 0.0169 e. The zero-order valence-corrected chi connectivity index (χ0v) is 8.86. The second kappa shape index (κ2) is 8.55. The zero-order valence-electron chi connectivity index (χ0n) is 8.86. The van der Waals surface area contributed by atoms with E-state index in [1.807, 2.05) is 0 Å². The minimum absolute atomic E-state index is 1.10. The van der Waals surface area contributed by atoms with Crippen molar-refractivity contribution in [2.45, 2.75) is 38.5 Å². The summed E-state index contributed by atoms with van der Waals surface area (Å²) in [5.41, 5.74) is 0. The summed E-state index contributed by atoms with van der Waals surface area (Å²) < 4.78 is 0. The van der Waals surface area contributed by atoms with Gasteiger partial charge in [-0.2, -0.15) is 0 Å². The lowest BCUT2D eigenvalue weighted by molar-refractivity contribution is 0.865. The Balaban J connectivity index is 2.34. The molecule has 0 heterocycles. The highest BCUT2D eigenvalue weighted by molar-refractivity contribution is 5.03. The van der Waals surface area contributed by atoms with E-state index in [9.17, 15) is 0 Å². The van der Waals surface area contributed by atoms with Crippen LogP contribution in [0.2, 0.25) is 0 Å². The third-order valence-electron chi connectivity index (χ3n) is 2.23. The van der Waals surface area contributed by atoms with Gasteiger partial charge in [-0.1, -0.05) is 48.6 Å². The predicted octanol–water partition coefficient (Wildman–Crippen LogP) is 4.57. The van der Waals surface area contributed by atoms with Gasteiger partial charge in [0, 0.05) is 0 Å². The van der Waals surface area contributed by atoms with E-state index < -0.39 is 0 Å².